The van der Waals surface area contributed by atoms with Crippen LogP contribution in [-0.4, -0.2) is 43.5 Å². The lowest BCUT2D eigenvalue weighted by molar-refractivity contribution is -0.131. The molecule has 0 aromatic carbocycles. The molecule has 0 aliphatic carbocycles. The first-order chi connectivity index (χ1) is 8.60. The van der Waals surface area contributed by atoms with E-state index in [9.17, 15) is 4.79 Å². The van der Waals surface area contributed by atoms with Gasteiger partial charge in [0.2, 0.25) is 5.91 Å². The number of amides is 1. The molecule has 0 saturated carbocycles. The van der Waals surface area contributed by atoms with Gasteiger partial charge in [-0.2, -0.15) is 0 Å². The number of likely N-dealkylation sites (N-methyl/N-ethyl adjacent to an activating group) is 1. The average molecular weight is 257 g/mol. The van der Waals surface area contributed by atoms with Gasteiger partial charge in [-0.3, -0.25) is 4.79 Å². The summed E-state index contributed by atoms with van der Waals surface area (Å²) in [5.41, 5.74) is 5.39. The molecule has 4 heteroatoms. The molecular weight excluding hydrogens is 226 g/mol. The summed E-state index contributed by atoms with van der Waals surface area (Å²) in [4.78, 5) is 14.5. The van der Waals surface area contributed by atoms with E-state index in [0.29, 0.717) is 13.1 Å². The first-order valence-electron chi connectivity index (χ1n) is 7.30. The van der Waals surface area contributed by atoms with Crippen LogP contribution in [0.2, 0.25) is 0 Å². The molecule has 0 radical (unpaired) electrons. The molecule has 108 valence electrons. The normalized spacial score (nSPS) is 11.9. The Hall–Kier alpha value is -0.610. The second-order valence-corrected chi connectivity index (χ2v) is 4.88. The molecular formula is C14H31N3O. The standard InChI is InChI=1S/C14H31N3O/c1-5-10-17(8-4)11-9-16-13(18)14(6-2,7-3)12-15/h5-12,15H2,1-4H3,(H,16,18). The predicted molar refractivity (Wildman–Crippen MR) is 77.5 cm³/mol. The fraction of sp³-hybridized carbons (Fsp3) is 0.929. The summed E-state index contributed by atoms with van der Waals surface area (Å²) < 4.78 is 0. The molecule has 0 aliphatic rings. The van der Waals surface area contributed by atoms with Gasteiger partial charge in [-0.1, -0.05) is 27.7 Å². The van der Waals surface area contributed by atoms with Gasteiger partial charge in [-0.15, -0.1) is 0 Å². The lowest BCUT2D eigenvalue weighted by Crippen LogP contribution is -2.47. The van der Waals surface area contributed by atoms with E-state index in [-0.39, 0.29) is 11.3 Å². The smallest absolute Gasteiger partial charge is 0.227 e. The number of carbonyl (C=O) groups excluding carboxylic acids is 1. The number of nitrogens with zero attached hydrogens (tertiary/aromatic N) is 1. The third-order valence-electron chi connectivity index (χ3n) is 3.93. The Morgan fingerprint density at radius 1 is 1.17 bits per heavy atom. The van der Waals surface area contributed by atoms with Crippen LogP contribution in [0, 0.1) is 5.41 Å². The quantitative estimate of drug-likeness (QED) is 0.625. The van der Waals surface area contributed by atoms with E-state index in [1.165, 1.54) is 0 Å². The Morgan fingerprint density at radius 2 is 1.78 bits per heavy atom. The van der Waals surface area contributed by atoms with Gasteiger partial charge in [0.1, 0.15) is 0 Å². The van der Waals surface area contributed by atoms with Crippen LogP contribution in [0.15, 0.2) is 0 Å². The van der Waals surface area contributed by atoms with Crippen molar-refractivity contribution < 1.29 is 4.79 Å². The van der Waals surface area contributed by atoms with E-state index < -0.39 is 0 Å². The summed E-state index contributed by atoms with van der Waals surface area (Å²) in [6.45, 7) is 12.6. The Balaban J connectivity index is 4.16. The van der Waals surface area contributed by atoms with Crippen LogP contribution in [0.25, 0.3) is 0 Å². The van der Waals surface area contributed by atoms with E-state index in [4.69, 9.17) is 5.73 Å². The Bertz CT molecular complexity index is 219. The molecule has 1 amide bonds. The van der Waals surface area contributed by atoms with Crippen LogP contribution >= 0.6 is 0 Å². The van der Waals surface area contributed by atoms with E-state index in [1.807, 2.05) is 13.8 Å². The van der Waals surface area contributed by atoms with Gasteiger partial charge in [0.25, 0.3) is 0 Å². The first kappa shape index (κ1) is 17.4. The topological polar surface area (TPSA) is 58.4 Å². The van der Waals surface area contributed by atoms with Crippen molar-refractivity contribution >= 4 is 5.91 Å². The lowest BCUT2D eigenvalue weighted by Gasteiger charge is -2.29. The highest BCUT2D eigenvalue weighted by Gasteiger charge is 2.32. The minimum atomic E-state index is -0.373. The molecule has 0 spiro atoms. The SMILES string of the molecule is CCCN(CC)CCNC(=O)C(CC)(CC)CN. The van der Waals surface area contributed by atoms with E-state index in [0.717, 1.165) is 38.9 Å². The first-order valence-corrected chi connectivity index (χ1v) is 7.30. The number of hydrogen-bond acceptors (Lipinski definition) is 3. The number of nitrogens with one attached hydrogen (secondary N) is 1. The van der Waals surface area contributed by atoms with Gasteiger partial charge < -0.3 is 16.0 Å². The van der Waals surface area contributed by atoms with Crippen molar-refractivity contribution in [3.63, 3.8) is 0 Å². The zero-order valence-electron chi connectivity index (χ0n) is 12.6. The van der Waals surface area contributed by atoms with Gasteiger partial charge in [-0.05, 0) is 32.4 Å². The third-order valence-corrected chi connectivity index (χ3v) is 3.93. The average Bonchev–Trinajstić information content (AvgIpc) is 2.40. The van der Waals surface area contributed by atoms with Crippen molar-refractivity contribution in [2.45, 2.75) is 47.0 Å². The molecule has 0 heterocycles. The summed E-state index contributed by atoms with van der Waals surface area (Å²) >= 11 is 0. The van der Waals surface area contributed by atoms with Crippen LogP contribution in [0.1, 0.15) is 47.0 Å². The van der Waals surface area contributed by atoms with Gasteiger partial charge in [-0.25, -0.2) is 0 Å². The Kier molecular flexibility index (Phi) is 9.02. The zero-order chi connectivity index (χ0) is 14.0. The molecule has 0 aromatic heterocycles. The van der Waals surface area contributed by atoms with Gasteiger partial charge in [0.15, 0.2) is 0 Å². The summed E-state index contributed by atoms with van der Waals surface area (Å²) in [5, 5.41) is 3.04. The van der Waals surface area contributed by atoms with E-state index >= 15 is 0 Å². The van der Waals surface area contributed by atoms with Crippen molar-refractivity contribution in [3.05, 3.63) is 0 Å². The lowest BCUT2D eigenvalue weighted by atomic mass is 9.81. The third kappa shape index (κ3) is 4.94. The fourth-order valence-electron chi connectivity index (χ4n) is 2.21. The van der Waals surface area contributed by atoms with Gasteiger partial charge >= 0.3 is 0 Å². The van der Waals surface area contributed by atoms with Crippen LogP contribution in [0.4, 0.5) is 0 Å². The second-order valence-electron chi connectivity index (χ2n) is 4.88. The molecule has 18 heavy (non-hydrogen) atoms. The summed E-state index contributed by atoms with van der Waals surface area (Å²) in [6, 6.07) is 0. The molecule has 0 atom stereocenters. The minimum absolute atomic E-state index is 0.113. The van der Waals surface area contributed by atoms with Crippen molar-refractivity contribution in [1.29, 1.82) is 0 Å². The molecule has 0 aliphatic heterocycles. The van der Waals surface area contributed by atoms with Crippen LogP contribution < -0.4 is 11.1 Å². The summed E-state index contributed by atoms with van der Waals surface area (Å²) in [7, 11) is 0. The zero-order valence-corrected chi connectivity index (χ0v) is 12.6. The molecule has 4 nitrogen and oxygen atoms in total. The van der Waals surface area contributed by atoms with Crippen molar-refractivity contribution in [3.8, 4) is 0 Å². The maximum Gasteiger partial charge on any atom is 0.227 e. The Morgan fingerprint density at radius 3 is 2.17 bits per heavy atom. The largest absolute Gasteiger partial charge is 0.354 e. The Labute approximate surface area is 112 Å². The molecule has 0 aromatic rings. The van der Waals surface area contributed by atoms with E-state index in [2.05, 4.69) is 24.1 Å². The predicted octanol–water partition coefficient (Wildman–Crippen LogP) is 1.60. The minimum Gasteiger partial charge on any atom is -0.354 e. The monoisotopic (exact) mass is 257 g/mol. The molecule has 3 N–H and O–H groups in total. The second kappa shape index (κ2) is 9.34. The highest BCUT2D eigenvalue weighted by atomic mass is 16.2. The van der Waals surface area contributed by atoms with Crippen LogP contribution in [-0.2, 0) is 4.79 Å². The molecule has 0 saturated heterocycles. The van der Waals surface area contributed by atoms with Gasteiger partial charge in [0.05, 0.1) is 5.41 Å². The highest BCUT2D eigenvalue weighted by molar-refractivity contribution is 5.82. The summed E-state index contributed by atoms with van der Waals surface area (Å²) in [5.74, 6) is 0.113. The van der Waals surface area contributed by atoms with Crippen LogP contribution in [0.3, 0.4) is 0 Å². The van der Waals surface area contributed by atoms with E-state index in [1.54, 1.807) is 0 Å². The number of carbonyl (C=O) groups is 1. The summed E-state index contributed by atoms with van der Waals surface area (Å²) in [6.07, 6.45) is 2.76. The van der Waals surface area contributed by atoms with Crippen molar-refractivity contribution in [2.75, 3.05) is 32.7 Å². The number of hydrogen-bond donors (Lipinski definition) is 2. The highest BCUT2D eigenvalue weighted by Crippen LogP contribution is 2.24. The number of rotatable bonds is 10. The molecule has 0 rings (SSSR count). The van der Waals surface area contributed by atoms with Crippen molar-refractivity contribution in [2.24, 2.45) is 11.1 Å². The fourth-order valence-corrected chi connectivity index (χ4v) is 2.21. The maximum atomic E-state index is 12.2. The van der Waals surface area contributed by atoms with Crippen LogP contribution in [0.5, 0.6) is 0 Å². The molecule has 0 fully saturated rings. The van der Waals surface area contributed by atoms with Crippen molar-refractivity contribution in [1.82, 2.24) is 10.2 Å². The maximum absolute atomic E-state index is 12.2. The van der Waals surface area contributed by atoms with Gasteiger partial charge in [0, 0.05) is 19.6 Å². The number of nitrogens with two attached hydrogens (primary N) is 1. The molecule has 0 unspecified atom stereocenters. The molecule has 0 bridgehead atoms.